The normalized spacial score (nSPS) is 14.7. The molecule has 2 aromatic carbocycles. The maximum atomic E-state index is 12.8. The summed E-state index contributed by atoms with van der Waals surface area (Å²) in [6.07, 6.45) is 0.489. The SMILES string of the molecule is Cn1cc(CN2CCc3cnc(-c4ccc(C(F)(F)F)cc4)nc3C2)c2ccccc21. The van der Waals surface area contributed by atoms with Gasteiger partial charge in [0.05, 0.1) is 11.3 Å². The van der Waals surface area contributed by atoms with E-state index in [1.54, 1.807) is 0 Å². The molecule has 0 atom stereocenters. The smallest absolute Gasteiger partial charge is 0.350 e. The molecule has 0 amide bonds. The van der Waals surface area contributed by atoms with Crippen molar-refractivity contribution in [2.45, 2.75) is 25.7 Å². The summed E-state index contributed by atoms with van der Waals surface area (Å²) < 4.78 is 40.6. The third-order valence-electron chi connectivity index (χ3n) is 5.87. The minimum absolute atomic E-state index is 0.458. The van der Waals surface area contributed by atoms with Crippen LogP contribution in [0.2, 0.25) is 0 Å². The highest BCUT2D eigenvalue weighted by Crippen LogP contribution is 2.31. The highest BCUT2D eigenvalue weighted by Gasteiger charge is 2.30. The van der Waals surface area contributed by atoms with Crippen molar-refractivity contribution in [3.05, 3.63) is 83.3 Å². The zero-order chi connectivity index (χ0) is 21.6. The van der Waals surface area contributed by atoms with Crippen molar-refractivity contribution < 1.29 is 13.2 Å². The molecule has 7 heteroatoms. The van der Waals surface area contributed by atoms with Gasteiger partial charge in [-0.15, -0.1) is 0 Å². The van der Waals surface area contributed by atoms with Crippen LogP contribution in [0.15, 0.2) is 60.9 Å². The fourth-order valence-electron chi connectivity index (χ4n) is 4.23. The Bertz CT molecular complexity index is 1240. The molecule has 2 aromatic heterocycles. The largest absolute Gasteiger partial charge is 0.416 e. The number of para-hydroxylation sites is 1. The zero-order valence-corrected chi connectivity index (χ0v) is 17.0. The Kier molecular flexibility index (Phi) is 4.78. The Morgan fingerprint density at radius 2 is 1.81 bits per heavy atom. The van der Waals surface area contributed by atoms with Gasteiger partial charge < -0.3 is 4.57 Å². The summed E-state index contributed by atoms with van der Waals surface area (Å²) in [5.74, 6) is 0.458. The number of hydrogen-bond acceptors (Lipinski definition) is 3. The first-order valence-corrected chi connectivity index (χ1v) is 10.2. The maximum absolute atomic E-state index is 12.8. The van der Waals surface area contributed by atoms with Gasteiger partial charge in [0.2, 0.25) is 0 Å². The fraction of sp³-hybridized carbons (Fsp3) is 0.250. The van der Waals surface area contributed by atoms with E-state index in [9.17, 15) is 13.2 Å². The summed E-state index contributed by atoms with van der Waals surface area (Å²) >= 11 is 0. The molecule has 4 nitrogen and oxygen atoms in total. The first-order valence-electron chi connectivity index (χ1n) is 10.2. The Morgan fingerprint density at radius 1 is 1.03 bits per heavy atom. The van der Waals surface area contributed by atoms with Gasteiger partial charge >= 0.3 is 6.18 Å². The minimum atomic E-state index is -4.35. The van der Waals surface area contributed by atoms with Crippen LogP contribution in [-0.4, -0.2) is 26.0 Å². The molecule has 1 aliphatic rings. The summed E-state index contributed by atoms with van der Waals surface area (Å²) in [5, 5.41) is 1.25. The standard InChI is InChI=1S/C24H21F3N4/c1-30-13-18(20-4-2-3-5-22(20)30)14-31-11-10-17-12-28-23(29-21(17)15-31)16-6-8-19(9-7-16)24(25,26)27/h2-9,12-13H,10-11,14-15H2,1H3. The van der Waals surface area contributed by atoms with Gasteiger partial charge in [0.1, 0.15) is 0 Å². The van der Waals surface area contributed by atoms with E-state index >= 15 is 0 Å². The number of alkyl halides is 3. The van der Waals surface area contributed by atoms with Crippen molar-refractivity contribution >= 4 is 10.9 Å². The topological polar surface area (TPSA) is 34.0 Å². The Labute approximate surface area is 178 Å². The number of aryl methyl sites for hydroxylation is 1. The number of fused-ring (bicyclic) bond motifs is 2. The first-order chi connectivity index (χ1) is 14.9. The number of aromatic nitrogens is 3. The van der Waals surface area contributed by atoms with E-state index in [0.29, 0.717) is 17.9 Å². The summed E-state index contributed by atoms with van der Waals surface area (Å²) in [7, 11) is 2.06. The molecule has 158 valence electrons. The number of benzene rings is 2. The van der Waals surface area contributed by atoms with E-state index in [1.807, 2.05) is 12.3 Å². The van der Waals surface area contributed by atoms with Crippen LogP contribution in [0.3, 0.4) is 0 Å². The highest BCUT2D eigenvalue weighted by atomic mass is 19.4. The molecule has 0 aliphatic carbocycles. The van der Waals surface area contributed by atoms with Crippen molar-refractivity contribution in [1.82, 2.24) is 19.4 Å². The van der Waals surface area contributed by atoms with Crippen molar-refractivity contribution in [3.63, 3.8) is 0 Å². The lowest BCUT2D eigenvalue weighted by Gasteiger charge is -2.27. The summed E-state index contributed by atoms with van der Waals surface area (Å²) in [6, 6.07) is 13.4. The van der Waals surface area contributed by atoms with Crippen LogP contribution in [0, 0.1) is 0 Å². The van der Waals surface area contributed by atoms with Crippen LogP contribution in [0.1, 0.15) is 22.4 Å². The quantitative estimate of drug-likeness (QED) is 0.454. The van der Waals surface area contributed by atoms with E-state index in [2.05, 4.69) is 45.9 Å². The molecular weight excluding hydrogens is 401 g/mol. The molecule has 3 heterocycles. The van der Waals surface area contributed by atoms with Gasteiger partial charge in [0, 0.05) is 55.5 Å². The van der Waals surface area contributed by atoms with Crippen LogP contribution >= 0.6 is 0 Å². The summed E-state index contributed by atoms with van der Waals surface area (Å²) in [6.45, 7) is 2.42. The van der Waals surface area contributed by atoms with Crippen molar-refractivity contribution in [2.75, 3.05) is 6.54 Å². The Morgan fingerprint density at radius 3 is 2.58 bits per heavy atom. The summed E-state index contributed by atoms with van der Waals surface area (Å²) in [5.41, 5.74) is 4.44. The van der Waals surface area contributed by atoms with Gasteiger partial charge in [-0.1, -0.05) is 30.3 Å². The molecule has 0 radical (unpaired) electrons. The first kappa shape index (κ1) is 19.8. The average Bonchev–Trinajstić information content (AvgIpc) is 3.08. The lowest BCUT2D eigenvalue weighted by Crippen LogP contribution is -2.31. The molecule has 4 aromatic rings. The van der Waals surface area contributed by atoms with Gasteiger partial charge in [0.15, 0.2) is 5.82 Å². The van der Waals surface area contributed by atoms with Crippen molar-refractivity contribution in [2.24, 2.45) is 7.05 Å². The summed E-state index contributed by atoms with van der Waals surface area (Å²) in [4.78, 5) is 11.4. The maximum Gasteiger partial charge on any atom is 0.416 e. The van der Waals surface area contributed by atoms with Crippen LogP contribution < -0.4 is 0 Å². The van der Waals surface area contributed by atoms with E-state index in [-0.39, 0.29) is 0 Å². The van der Waals surface area contributed by atoms with Gasteiger partial charge in [0.25, 0.3) is 0 Å². The van der Waals surface area contributed by atoms with Crippen LogP contribution in [0.5, 0.6) is 0 Å². The van der Waals surface area contributed by atoms with Gasteiger partial charge in [-0.05, 0) is 35.7 Å². The molecule has 0 bridgehead atoms. The Hall–Kier alpha value is -3.19. The second kappa shape index (κ2) is 7.50. The molecule has 5 rings (SSSR count). The van der Waals surface area contributed by atoms with Crippen LogP contribution in [-0.2, 0) is 32.7 Å². The zero-order valence-electron chi connectivity index (χ0n) is 17.0. The third kappa shape index (κ3) is 3.81. The molecule has 0 spiro atoms. The highest BCUT2D eigenvalue weighted by molar-refractivity contribution is 5.83. The molecule has 0 unspecified atom stereocenters. The van der Waals surface area contributed by atoms with Crippen LogP contribution in [0.4, 0.5) is 13.2 Å². The average molecular weight is 422 g/mol. The van der Waals surface area contributed by atoms with E-state index in [4.69, 9.17) is 4.98 Å². The Balaban J connectivity index is 1.38. The van der Waals surface area contributed by atoms with Crippen molar-refractivity contribution in [1.29, 1.82) is 0 Å². The van der Waals surface area contributed by atoms with Gasteiger partial charge in [-0.3, -0.25) is 4.90 Å². The lowest BCUT2D eigenvalue weighted by molar-refractivity contribution is -0.137. The van der Waals surface area contributed by atoms with Gasteiger partial charge in [-0.25, -0.2) is 9.97 Å². The van der Waals surface area contributed by atoms with E-state index < -0.39 is 11.7 Å². The predicted molar refractivity (Wildman–Crippen MR) is 113 cm³/mol. The minimum Gasteiger partial charge on any atom is -0.350 e. The lowest BCUT2D eigenvalue weighted by atomic mass is 10.0. The van der Waals surface area contributed by atoms with E-state index in [0.717, 1.165) is 42.9 Å². The molecule has 1 aliphatic heterocycles. The molecular formula is C24H21F3N4. The molecule has 31 heavy (non-hydrogen) atoms. The monoisotopic (exact) mass is 422 g/mol. The molecule has 0 saturated heterocycles. The van der Waals surface area contributed by atoms with Crippen LogP contribution in [0.25, 0.3) is 22.3 Å². The molecule has 0 saturated carbocycles. The number of halogens is 3. The second-order valence-corrected chi connectivity index (χ2v) is 7.98. The third-order valence-corrected chi connectivity index (χ3v) is 5.87. The molecule has 0 N–H and O–H groups in total. The fourth-order valence-corrected chi connectivity index (χ4v) is 4.23. The number of hydrogen-bond donors (Lipinski definition) is 0. The number of rotatable bonds is 3. The van der Waals surface area contributed by atoms with Gasteiger partial charge in [-0.2, -0.15) is 13.2 Å². The predicted octanol–water partition coefficient (Wildman–Crippen LogP) is 5.21. The second-order valence-electron chi connectivity index (χ2n) is 7.98. The number of nitrogens with zero attached hydrogens (tertiary/aromatic N) is 4. The van der Waals surface area contributed by atoms with Crippen molar-refractivity contribution in [3.8, 4) is 11.4 Å². The molecule has 0 fully saturated rings. The van der Waals surface area contributed by atoms with E-state index in [1.165, 1.54) is 28.6 Å².